The number of nitrogens with two attached hydrogens (primary N) is 1. The molecule has 0 aliphatic carbocycles. The highest BCUT2D eigenvalue weighted by Gasteiger charge is 2.50. The summed E-state index contributed by atoms with van der Waals surface area (Å²) >= 11 is 1.41. The van der Waals surface area contributed by atoms with Gasteiger partial charge in [0.1, 0.15) is 22.1 Å². The number of amides is 2. The van der Waals surface area contributed by atoms with Gasteiger partial charge in [-0.05, 0) is 32.2 Å². The van der Waals surface area contributed by atoms with Gasteiger partial charge < -0.3 is 15.6 Å². The van der Waals surface area contributed by atoms with Crippen molar-refractivity contribution in [3.63, 3.8) is 0 Å². The van der Waals surface area contributed by atoms with Gasteiger partial charge in [0.15, 0.2) is 0 Å². The number of fused-ring (bicyclic) bond motifs is 1. The maximum atomic E-state index is 12.5. The van der Waals surface area contributed by atoms with Crippen LogP contribution in [0.25, 0.3) is 10.2 Å². The zero-order valence-corrected chi connectivity index (χ0v) is 15.2. The van der Waals surface area contributed by atoms with Crippen molar-refractivity contribution in [1.82, 2.24) is 9.88 Å². The Bertz CT molecular complexity index is 829. The molecule has 0 spiro atoms. The maximum absolute atomic E-state index is 12.5. The fraction of sp³-hybridized carbons (Fsp3) is 0.471. The molecular formula is C17H21N3O4S. The normalized spacial score (nSPS) is 23.8. The summed E-state index contributed by atoms with van der Waals surface area (Å²) in [5.74, 6) is -0.667. The number of primary amides is 1. The molecule has 8 heteroatoms. The molecule has 2 aromatic rings. The minimum absolute atomic E-state index is 0.0301. The van der Waals surface area contributed by atoms with Crippen molar-refractivity contribution < 1.29 is 19.4 Å². The molecule has 1 aliphatic rings. The molecule has 0 bridgehead atoms. The number of thiophene rings is 1. The second kappa shape index (κ2) is 5.96. The van der Waals surface area contributed by atoms with Crippen molar-refractivity contribution in [3.05, 3.63) is 29.3 Å². The molecule has 3 heterocycles. The zero-order valence-electron chi connectivity index (χ0n) is 14.4. The first-order valence-corrected chi connectivity index (χ1v) is 8.83. The Labute approximate surface area is 149 Å². The van der Waals surface area contributed by atoms with Crippen LogP contribution in [0.4, 0.5) is 4.79 Å². The van der Waals surface area contributed by atoms with E-state index in [4.69, 9.17) is 10.5 Å². The van der Waals surface area contributed by atoms with Crippen LogP contribution in [0.5, 0.6) is 0 Å². The molecule has 3 rings (SSSR count). The summed E-state index contributed by atoms with van der Waals surface area (Å²) in [5, 5.41) is 13.8. The smallest absolute Gasteiger partial charge is 0.411 e. The van der Waals surface area contributed by atoms with Crippen molar-refractivity contribution in [2.24, 2.45) is 5.73 Å². The Morgan fingerprint density at radius 1 is 1.48 bits per heavy atom. The summed E-state index contributed by atoms with van der Waals surface area (Å²) in [4.78, 5) is 30.6. The van der Waals surface area contributed by atoms with E-state index in [1.807, 2.05) is 11.4 Å². The zero-order chi connectivity index (χ0) is 18.4. The van der Waals surface area contributed by atoms with E-state index in [2.05, 4.69) is 4.98 Å². The standard InChI is InChI=1S/C17H21N3O4S/c1-16(2,3)24-15(22)20-9-17(23,7-12(20)13(18)21)11-8-25-14-10(11)5-4-6-19-14/h4-6,8,12,23H,7,9H2,1-3H3,(H2,18,21). The molecule has 1 aliphatic heterocycles. The molecule has 2 unspecified atom stereocenters. The van der Waals surface area contributed by atoms with Gasteiger partial charge in [0.25, 0.3) is 0 Å². The number of carbonyl (C=O) groups is 2. The van der Waals surface area contributed by atoms with E-state index in [0.29, 0.717) is 5.56 Å². The first-order chi connectivity index (χ1) is 11.6. The molecular weight excluding hydrogens is 342 g/mol. The lowest BCUT2D eigenvalue weighted by Crippen LogP contribution is -2.46. The summed E-state index contributed by atoms with van der Waals surface area (Å²) in [6, 6.07) is 2.72. The molecule has 1 saturated heterocycles. The van der Waals surface area contributed by atoms with Crippen LogP contribution in [0.3, 0.4) is 0 Å². The van der Waals surface area contributed by atoms with Gasteiger partial charge >= 0.3 is 6.09 Å². The van der Waals surface area contributed by atoms with Gasteiger partial charge in [0.05, 0.1) is 6.54 Å². The van der Waals surface area contributed by atoms with Crippen LogP contribution in [0.1, 0.15) is 32.8 Å². The van der Waals surface area contributed by atoms with Crippen LogP contribution in [0.15, 0.2) is 23.7 Å². The van der Waals surface area contributed by atoms with Crippen LogP contribution in [0, 0.1) is 0 Å². The highest BCUT2D eigenvalue weighted by Crippen LogP contribution is 2.41. The molecule has 134 valence electrons. The number of carbonyl (C=O) groups excluding carboxylic acids is 2. The number of hydrogen-bond acceptors (Lipinski definition) is 6. The summed E-state index contributed by atoms with van der Waals surface area (Å²) in [6.45, 7) is 5.16. The molecule has 7 nitrogen and oxygen atoms in total. The van der Waals surface area contributed by atoms with Gasteiger partial charge in [-0.25, -0.2) is 9.78 Å². The SMILES string of the molecule is CC(C)(C)OC(=O)N1CC(O)(c2csc3ncccc23)CC1C(N)=O. The number of nitrogens with zero attached hydrogens (tertiary/aromatic N) is 2. The molecule has 0 aromatic carbocycles. The highest BCUT2D eigenvalue weighted by atomic mass is 32.1. The Morgan fingerprint density at radius 3 is 2.84 bits per heavy atom. The van der Waals surface area contributed by atoms with E-state index in [1.165, 1.54) is 16.2 Å². The van der Waals surface area contributed by atoms with Gasteiger partial charge in [-0.3, -0.25) is 9.69 Å². The number of rotatable bonds is 2. The molecule has 0 radical (unpaired) electrons. The first-order valence-electron chi connectivity index (χ1n) is 7.95. The topological polar surface area (TPSA) is 106 Å². The number of pyridine rings is 1. The molecule has 2 atom stereocenters. The summed E-state index contributed by atoms with van der Waals surface area (Å²) in [7, 11) is 0. The Balaban J connectivity index is 1.96. The quantitative estimate of drug-likeness (QED) is 0.849. The monoisotopic (exact) mass is 363 g/mol. The lowest BCUT2D eigenvalue weighted by atomic mass is 9.91. The summed E-state index contributed by atoms with van der Waals surface area (Å²) in [5.41, 5.74) is 4.03. The van der Waals surface area contributed by atoms with Crippen molar-refractivity contribution in [3.8, 4) is 0 Å². The number of likely N-dealkylation sites (tertiary alicyclic amines) is 1. The average molecular weight is 363 g/mol. The summed E-state index contributed by atoms with van der Waals surface area (Å²) < 4.78 is 5.36. The van der Waals surface area contributed by atoms with Crippen LogP contribution in [-0.2, 0) is 15.1 Å². The third-order valence-electron chi connectivity index (χ3n) is 4.15. The van der Waals surface area contributed by atoms with Crippen molar-refractivity contribution >= 4 is 33.6 Å². The van der Waals surface area contributed by atoms with Gasteiger partial charge in [0, 0.05) is 23.6 Å². The Morgan fingerprint density at radius 2 is 2.20 bits per heavy atom. The van der Waals surface area contributed by atoms with Crippen molar-refractivity contribution in [2.45, 2.75) is 44.4 Å². The second-order valence-electron chi connectivity index (χ2n) is 7.27. The second-order valence-corrected chi connectivity index (χ2v) is 8.13. The van der Waals surface area contributed by atoms with Gasteiger partial charge in [-0.2, -0.15) is 0 Å². The minimum Gasteiger partial charge on any atom is -0.444 e. The van der Waals surface area contributed by atoms with Crippen LogP contribution in [0.2, 0.25) is 0 Å². The van der Waals surface area contributed by atoms with Crippen LogP contribution < -0.4 is 5.73 Å². The summed E-state index contributed by atoms with van der Waals surface area (Å²) in [6.07, 6.45) is 1.05. The van der Waals surface area contributed by atoms with Crippen LogP contribution in [-0.4, -0.2) is 45.2 Å². The number of aliphatic hydroxyl groups is 1. The Kier molecular flexibility index (Phi) is 4.20. The van der Waals surface area contributed by atoms with E-state index in [9.17, 15) is 14.7 Å². The Hall–Kier alpha value is -2.19. The lowest BCUT2D eigenvalue weighted by molar-refractivity contribution is -0.122. The van der Waals surface area contributed by atoms with E-state index in [-0.39, 0.29) is 13.0 Å². The lowest BCUT2D eigenvalue weighted by Gasteiger charge is -2.27. The molecule has 2 amide bonds. The van der Waals surface area contributed by atoms with Crippen molar-refractivity contribution in [2.75, 3.05) is 6.54 Å². The van der Waals surface area contributed by atoms with Crippen LogP contribution >= 0.6 is 11.3 Å². The molecule has 2 aromatic heterocycles. The maximum Gasteiger partial charge on any atom is 0.411 e. The third kappa shape index (κ3) is 3.32. The van der Waals surface area contributed by atoms with E-state index in [1.54, 1.807) is 33.0 Å². The third-order valence-corrected chi connectivity index (χ3v) is 5.05. The number of hydrogen-bond donors (Lipinski definition) is 2. The molecule has 1 fully saturated rings. The number of ether oxygens (including phenoxy) is 1. The first kappa shape index (κ1) is 17.6. The van der Waals surface area contributed by atoms with Gasteiger partial charge in [0.2, 0.25) is 5.91 Å². The van der Waals surface area contributed by atoms with Gasteiger partial charge in [-0.15, -0.1) is 11.3 Å². The van der Waals surface area contributed by atoms with Gasteiger partial charge in [-0.1, -0.05) is 6.07 Å². The van der Waals surface area contributed by atoms with E-state index < -0.39 is 29.2 Å². The largest absolute Gasteiger partial charge is 0.444 e. The minimum atomic E-state index is -1.38. The highest BCUT2D eigenvalue weighted by molar-refractivity contribution is 7.16. The fourth-order valence-corrected chi connectivity index (χ4v) is 4.08. The number of β-amino-alcohol motifs (C(OH)–C–C–N with tert-alkyl or cyclic N) is 1. The fourth-order valence-electron chi connectivity index (χ4n) is 3.08. The molecule has 3 N–H and O–H groups in total. The predicted octanol–water partition coefficient (Wildman–Crippen LogP) is 1.98. The molecule has 0 saturated carbocycles. The molecule has 25 heavy (non-hydrogen) atoms. The van der Waals surface area contributed by atoms with E-state index >= 15 is 0 Å². The number of aromatic nitrogens is 1. The predicted molar refractivity (Wildman–Crippen MR) is 94.1 cm³/mol. The van der Waals surface area contributed by atoms with Crippen molar-refractivity contribution in [1.29, 1.82) is 0 Å². The average Bonchev–Trinajstić information content (AvgIpc) is 3.07. The van der Waals surface area contributed by atoms with E-state index in [0.717, 1.165) is 10.2 Å².